The van der Waals surface area contributed by atoms with E-state index in [1.165, 1.54) is 25.3 Å². The molecule has 1 heterocycles. The number of aryl methyl sites for hydroxylation is 1. The van der Waals surface area contributed by atoms with Crippen molar-refractivity contribution in [3.05, 3.63) is 68.5 Å². The lowest BCUT2D eigenvalue weighted by molar-refractivity contribution is -0.153. The summed E-state index contributed by atoms with van der Waals surface area (Å²) in [4.78, 5) is 50.7. The average molecular weight is 482 g/mol. The molecule has 2 unspecified atom stereocenters. The lowest BCUT2D eigenvalue weighted by atomic mass is 10.2. The molecule has 12 heteroatoms. The van der Waals surface area contributed by atoms with Crippen LogP contribution in [0.25, 0.3) is 0 Å². The minimum atomic E-state index is -4.02. The van der Waals surface area contributed by atoms with Crippen molar-refractivity contribution in [1.82, 2.24) is 9.13 Å². The molecule has 2 atom stereocenters. The van der Waals surface area contributed by atoms with Gasteiger partial charge in [0.25, 0.3) is 17.3 Å². The normalized spacial score (nSPS) is 13.4. The van der Waals surface area contributed by atoms with Crippen LogP contribution < -0.4 is 11.2 Å². The van der Waals surface area contributed by atoms with E-state index in [9.17, 15) is 23.7 Å². The van der Waals surface area contributed by atoms with E-state index in [0.29, 0.717) is 4.57 Å². The average Bonchev–Trinajstić information content (AvgIpc) is 2.84. The molecular weight excluding hydrogens is 455 g/mol. The molecule has 0 saturated heterocycles. The van der Waals surface area contributed by atoms with E-state index < -0.39 is 42.7 Å². The van der Waals surface area contributed by atoms with Crippen LogP contribution in [0.4, 0.5) is 0 Å². The first-order chi connectivity index (χ1) is 15.6. The van der Waals surface area contributed by atoms with Crippen LogP contribution in [0.15, 0.2) is 46.1 Å². The van der Waals surface area contributed by atoms with Crippen LogP contribution in [-0.2, 0) is 34.4 Å². The van der Waals surface area contributed by atoms with E-state index >= 15 is 0 Å². The summed E-state index contributed by atoms with van der Waals surface area (Å²) in [7, 11) is -0.731. The molecule has 33 heavy (non-hydrogen) atoms. The molecule has 0 saturated carbocycles. The van der Waals surface area contributed by atoms with Gasteiger partial charge in [0.05, 0.1) is 19.8 Å². The van der Waals surface area contributed by atoms with Crippen LogP contribution in [0.2, 0.25) is 0 Å². The zero-order chi connectivity index (χ0) is 24.8. The van der Waals surface area contributed by atoms with Gasteiger partial charge in [-0.15, -0.1) is 0 Å². The lowest BCUT2D eigenvalue weighted by Crippen LogP contribution is -2.46. The predicted octanol–water partition coefficient (Wildman–Crippen LogP) is 1.79. The van der Waals surface area contributed by atoms with E-state index in [2.05, 4.69) is 4.74 Å². The Hall–Kier alpha value is -2.85. The van der Waals surface area contributed by atoms with E-state index in [0.717, 1.165) is 25.9 Å². The largest absolute Gasteiger partial charge is 0.467 e. The minimum absolute atomic E-state index is 0.151. The molecule has 0 aliphatic carbocycles. The second-order valence-corrected chi connectivity index (χ2v) is 9.28. The van der Waals surface area contributed by atoms with Gasteiger partial charge in [0.15, 0.2) is 0 Å². The zero-order valence-corrected chi connectivity index (χ0v) is 19.9. The van der Waals surface area contributed by atoms with Gasteiger partial charge in [0, 0.05) is 31.5 Å². The molecule has 11 nitrogen and oxygen atoms in total. The van der Waals surface area contributed by atoms with Gasteiger partial charge in [-0.05, 0) is 25.5 Å². The highest BCUT2D eigenvalue weighted by Crippen LogP contribution is 2.52. The Bertz CT molecular complexity index is 1150. The summed E-state index contributed by atoms with van der Waals surface area (Å²) in [6, 6.07) is 7.92. The van der Waals surface area contributed by atoms with Gasteiger partial charge in [0.1, 0.15) is 0 Å². The van der Waals surface area contributed by atoms with Crippen molar-refractivity contribution in [3.8, 4) is 0 Å². The second-order valence-electron chi connectivity index (χ2n) is 7.01. The molecule has 1 aromatic heterocycles. The molecule has 0 N–H and O–H groups in total. The summed E-state index contributed by atoms with van der Waals surface area (Å²) in [6.07, 6.45) is 0.728. The third-order valence-corrected chi connectivity index (χ3v) is 6.85. The third-order valence-electron chi connectivity index (χ3n) is 4.93. The Kier molecular flexibility index (Phi) is 9.07. The first-order valence-electron chi connectivity index (χ1n) is 10.0. The Morgan fingerprint density at radius 3 is 2.18 bits per heavy atom. The highest BCUT2D eigenvalue weighted by molar-refractivity contribution is 7.55. The van der Waals surface area contributed by atoms with E-state index in [1.807, 2.05) is 0 Å². The Balaban J connectivity index is 2.46. The molecule has 2 rings (SSSR count). The van der Waals surface area contributed by atoms with Crippen LogP contribution in [0.5, 0.6) is 0 Å². The van der Waals surface area contributed by atoms with Crippen molar-refractivity contribution in [2.75, 3.05) is 21.3 Å². The number of aromatic nitrogens is 2. The summed E-state index contributed by atoms with van der Waals surface area (Å²) in [5.41, 5.74) is -1.30. The maximum absolute atomic E-state index is 13.0. The van der Waals surface area contributed by atoms with Crippen LogP contribution in [-0.4, -0.2) is 54.3 Å². The first kappa shape index (κ1) is 26.4. The smallest absolute Gasteiger partial charge is 0.370 e. The summed E-state index contributed by atoms with van der Waals surface area (Å²) in [5.74, 6) is -3.45. The molecule has 1 aromatic carbocycles. The van der Waals surface area contributed by atoms with Crippen molar-refractivity contribution in [2.45, 2.75) is 38.8 Å². The van der Waals surface area contributed by atoms with Gasteiger partial charge < -0.3 is 18.5 Å². The fourth-order valence-corrected chi connectivity index (χ4v) is 4.27. The number of rotatable bonds is 10. The number of ether oxygens (including phenoxy) is 2. The fourth-order valence-electron chi connectivity index (χ4n) is 3.05. The number of hydrogen-bond donors (Lipinski definition) is 0. The van der Waals surface area contributed by atoms with E-state index in [-0.39, 0.29) is 24.1 Å². The summed E-state index contributed by atoms with van der Waals surface area (Å²) in [6.45, 7) is 3.03. The Morgan fingerprint density at radius 1 is 1.06 bits per heavy atom. The summed E-state index contributed by atoms with van der Waals surface area (Å²) < 4.78 is 34.6. The van der Waals surface area contributed by atoms with Crippen LogP contribution in [0.1, 0.15) is 29.3 Å². The van der Waals surface area contributed by atoms with E-state index in [1.54, 1.807) is 25.1 Å². The molecular formula is C21H27N2O9P. The van der Waals surface area contributed by atoms with Crippen molar-refractivity contribution in [2.24, 2.45) is 0 Å². The number of esters is 1. The van der Waals surface area contributed by atoms with Crippen molar-refractivity contribution < 1.29 is 32.7 Å². The standard InChI is InChI=1S/C21H27N2O9P/c1-6-16(32-20(19(26)29-3)33(28,30-4)31-5)13-22-12-14(2)17(24)23(21(22)27)18(25)15-10-8-7-9-11-15/h7-12,16,20H,6,13H2,1-5H3. The monoisotopic (exact) mass is 482 g/mol. The minimum Gasteiger partial charge on any atom is -0.467 e. The van der Waals surface area contributed by atoms with Gasteiger partial charge in [-0.3, -0.25) is 18.7 Å². The first-order valence-corrected chi connectivity index (χ1v) is 11.6. The van der Waals surface area contributed by atoms with Crippen molar-refractivity contribution >= 4 is 19.5 Å². The van der Waals surface area contributed by atoms with Crippen LogP contribution in [0.3, 0.4) is 0 Å². The number of methoxy groups -OCH3 is 1. The van der Waals surface area contributed by atoms with Crippen molar-refractivity contribution in [1.29, 1.82) is 0 Å². The molecule has 0 radical (unpaired) electrons. The predicted molar refractivity (Wildman–Crippen MR) is 118 cm³/mol. The zero-order valence-electron chi connectivity index (χ0n) is 19.0. The van der Waals surface area contributed by atoms with Gasteiger partial charge in [-0.1, -0.05) is 25.1 Å². The van der Waals surface area contributed by atoms with Crippen LogP contribution in [0, 0.1) is 6.92 Å². The van der Waals surface area contributed by atoms with Gasteiger partial charge in [0.2, 0.25) is 0 Å². The molecule has 0 amide bonds. The molecule has 0 aliphatic heterocycles. The summed E-state index contributed by atoms with van der Waals surface area (Å²) in [5, 5.41) is 0. The maximum atomic E-state index is 13.0. The molecule has 0 fully saturated rings. The van der Waals surface area contributed by atoms with Crippen LogP contribution >= 0.6 is 7.60 Å². The number of nitrogens with zero attached hydrogens (tertiary/aromatic N) is 2. The highest BCUT2D eigenvalue weighted by Gasteiger charge is 2.43. The maximum Gasteiger partial charge on any atom is 0.370 e. The topological polar surface area (TPSA) is 132 Å². The number of benzene rings is 1. The van der Waals surface area contributed by atoms with Gasteiger partial charge >= 0.3 is 19.3 Å². The second kappa shape index (κ2) is 11.3. The molecule has 0 spiro atoms. The molecule has 0 aliphatic rings. The third kappa shape index (κ3) is 5.75. The SMILES string of the molecule is CCC(Cn1cc(C)c(=O)n(C(=O)c2ccccc2)c1=O)OC(C(=O)OC)P(=O)(OC)OC. The summed E-state index contributed by atoms with van der Waals surface area (Å²) >= 11 is 0. The molecule has 2 aromatic rings. The van der Waals surface area contributed by atoms with Gasteiger partial charge in [-0.25, -0.2) is 9.59 Å². The number of carbonyl (C=O) groups is 2. The quantitative estimate of drug-likeness (QED) is 0.367. The highest BCUT2D eigenvalue weighted by atomic mass is 31.2. The Labute approximate surface area is 190 Å². The lowest BCUT2D eigenvalue weighted by Gasteiger charge is -2.27. The van der Waals surface area contributed by atoms with Crippen molar-refractivity contribution in [3.63, 3.8) is 0 Å². The molecule has 0 bridgehead atoms. The number of carbonyl (C=O) groups excluding carboxylic acids is 2. The Morgan fingerprint density at radius 2 is 1.67 bits per heavy atom. The van der Waals surface area contributed by atoms with E-state index in [4.69, 9.17) is 13.8 Å². The van der Waals surface area contributed by atoms with Gasteiger partial charge in [-0.2, -0.15) is 4.57 Å². The fraction of sp³-hybridized carbons (Fsp3) is 0.429. The number of hydrogen-bond acceptors (Lipinski definition) is 9. The molecule has 180 valence electrons.